The van der Waals surface area contributed by atoms with Crippen molar-refractivity contribution in [2.24, 2.45) is 5.92 Å². The van der Waals surface area contributed by atoms with E-state index >= 15 is 0 Å². The minimum Gasteiger partial charge on any atom is -0.444 e. The van der Waals surface area contributed by atoms with Gasteiger partial charge in [0.15, 0.2) is 5.78 Å². The molecule has 1 amide bonds. The first-order valence-corrected chi connectivity index (χ1v) is 6.33. The standard InChI is InChI=1S/C13H23NO4/c1-8(2)11(16)10-6-9(15)7-14(10)12(17)18-13(3,4)5/h8-10,15H,6-7H2,1-5H3/t9-,10?/m0/s1. The van der Waals surface area contributed by atoms with Gasteiger partial charge in [-0.05, 0) is 20.8 Å². The summed E-state index contributed by atoms with van der Waals surface area (Å²) in [5.74, 6) is -0.192. The topological polar surface area (TPSA) is 66.8 Å². The maximum Gasteiger partial charge on any atom is 0.410 e. The van der Waals surface area contributed by atoms with Gasteiger partial charge in [-0.15, -0.1) is 0 Å². The van der Waals surface area contributed by atoms with Crippen molar-refractivity contribution in [3.05, 3.63) is 0 Å². The molecule has 1 fully saturated rings. The highest BCUT2D eigenvalue weighted by Gasteiger charge is 2.41. The highest BCUT2D eigenvalue weighted by Crippen LogP contribution is 2.23. The number of ketones is 1. The molecule has 0 radical (unpaired) electrons. The molecule has 1 heterocycles. The molecular weight excluding hydrogens is 234 g/mol. The number of hydrogen-bond acceptors (Lipinski definition) is 4. The van der Waals surface area contributed by atoms with Crippen LogP contribution in [0.2, 0.25) is 0 Å². The predicted molar refractivity (Wildman–Crippen MR) is 67.2 cm³/mol. The third-order valence-corrected chi connectivity index (χ3v) is 2.80. The van der Waals surface area contributed by atoms with Crippen LogP contribution in [0.5, 0.6) is 0 Å². The number of aliphatic hydroxyl groups excluding tert-OH is 1. The molecule has 1 rings (SSSR count). The van der Waals surface area contributed by atoms with E-state index in [0.29, 0.717) is 6.42 Å². The highest BCUT2D eigenvalue weighted by atomic mass is 16.6. The Labute approximate surface area is 108 Å². The van der Waals surface area contributed by atoms with Crippen molar-refractivity contribution in [2.75, 3.05) is 6.54 Å². The van der Waals surface area contributed by atoms with E-state index in [-0.39, 0.29) is 18.2 Å². The van der Waals surface area contributed by atoms with E-state index in [1.54, 1.807) is 34.6 Å². The normalized spacial score (nSPS) is 24.5. The molecule has 0 aromatic carbocycles. The zero-order valence-electron chi connectivity index (χ0n) is 11.8. The van der Waals surface area contributed by atoms with Gasteiger partial charge < -0.3 is 9.84 Å². The van der Waals surface area contributed by atoms with Gasteiger partial charge in [0.05, 0.1) is 18.7 Å². The average molecular weight is 257 g/mol. The van der Waals surface area contributed by atoms with Gasteiger partial charge in [-0.2, -0.15) is 0 Å². The second kappa shape index (κ2) is 5.26. The first-order chi connectivity index (χ1) is 8.11. The van der Waals surface area contributed by atoms with Crippen molar-refractivity contribution in [3.63, 3.8) is 0 Å². The molecule has 2 atom stereocenters. The van der Waals surface area contributed by atoms with Gasteiger partial charge >= 0.3 is 6.09 Å². The summed E-state index contributed by atoms with van der Waals surface area (Å²) in [6, 6.07) is -0.560. The van der Waals surface area contributed by atoms with Gasteiger partial charge in [-0.3, -0.25) is 9.69 Å². The molecular formula is C13H23NO4. The van der Waals surface area contributed by atoms with Crippen molar-refractivity contribution < 1.29 is 19.4 Å². The lowest BCUT2D eigenvalue weighted by Crippen LogP contribution is -2.44. The average Bonchev–Trinajstić information content (AvgIpc) is 2.56. The van der Waals surface area contributed by atoms with Gasteiger partial charge in [0.2, 0.25) is 0 Å². The molecule has 0 aliphatic carbocycles. The van der Waals surface area contributed by atoms with Crippen LogP contribution in [0.15, 0.2) is 0 Å². The zero-order chi connectivity index (χ0) is 14.1. The largest absolute Gasteiger partial charge is 0.444 e. The molecule has 0 bridgehead atoms. The summed E-state index contributed by atoms with van der Waals surface area (Å²) >= 11 is 0. The van der Waals surface area contributed by atoms with E-state index in [4.69, 9.17) is 4.74 Å². The second-order valence-corrected chi connectivity index (χ2v) is 6.10. The summed E-state index contributed by atoms with van der Waals surface area (Å²) in [6.45, 7) is 9.07. The summed E-state index contributed by atoms with van der Waals surface area (Å²) in [5, 5.41) is 9.65. The Morgan fingerprint density at radius 2 is 1.89 bits per heavy atom. The van der Waals surface area contributed by atoms with Crippen molar-refractivity contribution in [1.29, 1.82) is 0 Å². The summed E-state index contributed by atoms with van der Waals surface area (Å²) in [5.41, 5.74) is -0.601. The number of β-amino-alcohol motifs (C(OH)–C–C–N with tert-alkyl or cyclic N) is 1. The minimum absolute atomic E-state index is 0.0302. The smallest absolute Gasteiger partial charge is 0.410 e. The summed E-state index contributed by atoms with van der Waals surface area (Å²) in [6.07, 6.45) is -0.876. The van der Waals surface area contributed by atoms with E-state index in [1.165, 1.54) is 4.90 Å². The first kappa shape index (κ1) is 15.0. The molecule has 0 aromatic heterocycles. The number of carbonyl (C=O) groups is 2. The highest BCUT2D eigenvalue weighted by molar-refractivity contribution is 5.89. The van der Waals surface area contributed by atoms with Crippen LogP contribution in [-0.4, -0.2) is 46.2 Å². The Morgan fingerprint density at radius 3 is 2.33 bits per heavy atom. The van der Waals surface area contributed by atoms with Crippen LogP contribution in [0.25, 0.3) is 0 Å². The fourth-order valence-electron chi connectivity index (χ4n) is 1.99. The minimum atomic E-state index is -0.648. The maximum absolute atomic E-state index is 12.0. The van der Waals surface area contributed by atoms with Crippen LogP contribution >= 0.6 is 0 Å². The number of nitrogens with zero attached hydrogens (tertiary/aromatic N) is 1. The van der Waals surface area contributed by atoms with Gasteiger partial charge in [0.1, 0.15) is 5.60 Å². The number of aliphatic hydroxyl groups is 1. The Balaban J connectivity index is 2.79. The van der Waals surface area contributed by atoms with Crippen molar-refractivity contribution in [2.45, 2.75) is 58.8 Å². The number of rotatable bonds is 2. The maximum atomic E-state index is 12.0. The predicted octanol–water partition coefficient (Wildman–Crippen LogP) is 1.58. The Kier molecular flexibility index (Phi) is 4.37. The lowest BCUT2D eigenvalue weighted by atomic mass is 9.99. The quantitative estimate of drug-likeness (QED) is 0.815. The van der Waals surface area contributed by atoms with Crippen LogP contribution in [0.3, 0.4) is 0 Å². The molecule has 104 valence electrons. The molecule has 5 nitrogen and oxygen atoms in total. The number of ether oxygens (including phenoxy) is 1. The van der Waals surface area contributed by atoms with Gasteiger partial charge in [-0.1, -0.05) is 13.8 Å². The third kappa shape index (κ3) is 3.70. The van der Waals surface area contributed by atoms with E-state index in [1.807, 2.05) is 0 Å². The lowest BCUT2D eigenvalue weighted by Gasteiger charge is -2.28. The van der Waals surface area contributed by atoms with Crippen LogP contribution in [0.4, 0.5) is 4.79 Å². The Bertz CT molecular complexity index is 332. The van der Waals surface area contributed by atoms with E-state index in [0.717, 1.165) is 0 Å². The van der Waals surface area contributed by atoms with Crippen LogP contribution in [0, 0.1) is 5.92 Å². The molecule has 1 N–H and O–H groups in total. The molecule has 0 spiro atoms. The molecule has 1 unspecified atom stereocenters. The van der Waals surface area contributed by atoms with E-state index in [9.17, 15) is 14.7 Å². The number of carbonyl (C=O) groups excluding carboxylic acids is 2. The number of likely N-dealkylation sites (tertiary alicyclic amines) is 1. The van der Waals surface area contributed by atoms with Gasteiger partial charge in [-0.25, -0.2) is 4.79 Å². The molecule has 1 saturated heterocycles. The zero-order valence-corrected chi connectivity index (χ0v) is 11.8. The molecule has 1 aliphatic heterocycles. The summed E-state index contributed by atoms with van der Waals surface area (Å²) in [7, 11) is 0. The number of hydrogen-bond donors (Lipinski definition) is 1. The van der Waals surface area contributed by atoms with Gasteiger partial charge in [0, 0.05) is 12.3 Å². The Morgan fingerprint density at radius 1 is 1.33 bits per heavy atom. The second-order valence-electron chi connectivity index (χ2n) is 6.10. The van der Waals surface area contributed by atoms with E-state index < -0.39 is 23.8 Å². The summed E-state index contributed by atoms with van der Waals surface area (Å²) in [4.78, 5) is 25.3. The van der Waals surface area contributed by atoms with E-state index in [2.05, 4.69) is 0 Å². The van der Waals surface area contributed by atoms with Crippen LogP contribution < -0.4 is 0 Å². The fraction of sp³-hybridized carbons (Fsp3) is 0.846. The lowest BCUT2D eigenvalue weighted by molar-refractivity contribution is -0.126. The fourth-order valence-corrected chi connectivity index (χ4v) is 1.99. The van der Waals surface area contributed by atoms with Crippen LogP contribution in [-0.2, 0) is 9.53 Å². The number of amides is 1. The molecule has 1 aliphatic rings. The van der Waals surface area contributed by atoms with Crippen molar-refractivity contribution in [1.82, 2.24) is 4.90 Å². The number of Topliss-reactive ketones (excluding diaryl/α,β-unsaturated/α-hetero) is 1. The third-order valence-electron chi connectivity index (χ3n) is 2.80. The Hall–Kier alpha value is -1.10. The van der Waals surface area contributed by atoms with Crippen LogP contribution in [0.1, 0.15) is 41.0 Å². The monoisotopic (exact) mass is 257 g/mol. The van der Waals surface area contributed by atoms with Gasteiger partial charge in [0.25, 0.3) is 0 Å². The summed E-state index contributed by atoms with van der Waals surface area (Å²) < 4.78 is 5.25. The molecule has 5 heteroatoms. The first-order valence-electron chi connectivity index (χ1n) is 6.33. The van der Waals surface area contributed by atoms with Crippen molar-refractivity contribution in [3.8, 4) is 0 Å². The van der Waals surface area contributed by atoms with Crippen molar-refractivity contribution >= 4 is 11.9 Å². The molecule has 18 heavy (non-hydrogen) atoms. The SMILES string of the molecule is CC(C)C(=O)C1C[C@H](O)CN1C(=O)OC(C)(C)C. The molecule has 0 saturated carbocycles. The molecule has 0 aromatic rings.